The average Bonchev–Trinajstić information content (AvgIpc) is 2.85. The predicted octanol–water partition coefficient (Wildman–Crippen LogP) is 8.78. The fraction of sp³-hybridized carbons (Fsp3) is 0.143. The van der Waals surface area contributed by atoms with Crippen molar-refractivity contribution in [1.29, 1.82) is 0 Å². The van der Waals surface area contributed by atoms with Crippen LogP contribution in [0, 0.1) is 3.57 Å². The van der Waals surface area contributed by atoms with Gasteiger partial charge in [0.05, 0.1) is 3.57 Å². The summed E-state index contributed by atoms with van der Waals surface area (Å²) in [7, 11) is 0. The van der Waals surface area contributed by atoms with Crippen molar-refractivity contribution < 1.29 is 10.2 Å². The van der Waals surface area contributed by atoms with Gasteiger partial charge in [0.2, 0.25) is 0 Å². The minimum absolute atomic E-state index is 0.305. The van der Waals surface area contributed by atoms with Crippen LogP contribution in [0.1, 0.15) is 27.7 Å². The third kappa shape index (κ3) is 8.85. The molecule has 0 spiro atoms. The van der Waals surface area contributed by atoms with Gasteiger partial charge in [-0.3, -0.25) is 0 Å². The first-order valence-corrected chi connectivity index (χ1v) is 11.6. The van der Waals surface area contributed by atoms with E-state index in [0.29, 0.717) is 11.5 Å². The van der Waals surface area contributed by atoms with Crippen LogP contribution in [0.2, 0.25) is 0 Å². The van der Waals surface area contributed by atoms with E-state index < -0.39 is 0 Å². The molecule has 0 aliphatic heterocycles. The highest BCUT2D eigenvalue weighted by Gasteiger charge is 2.00. The molecule has 3 heteroatoms. The lowest BCUT2D eigenvalue weighted by molar-refractivity contribution is 0.471. The molecule has 162 valence electrons. The summed E-state index contributed by atoms with van der Waals surface area (Å²) in [5.74, 6) is 0.643. The quantitative estimate of drug-likeness (QED) is 0.256. The third-order valence-electron chi connectivity index (χ3n) is 4.03. The third-order valence-corrected chi connectivity index (χ3v) is 4.89. The van der Waals surface area contributed by atoms with Crippen LogP contribution in [-0.2, 0) is 0 Å². The van der Waals surface area contributed by atoms with Gasteiger partial charge in [-0.05, 0) is 69.1 Å². The molecule has 4 aromatic carbocycles. The van der Waals surface area contributed by atoms with Crippen molar-refractivity contribution in [3.05, 3.63) is 107 Å². The van der Waals surface area contributed by atoms with Crippen LogP contribution in [0.25, 0.3) is 22.3 Å². The molecule has 2 N–H and O–H groups in total. The zero-order valence-corrected chi connectivity index (χ0v) is 20.7. The molecule has 0 heterocycles. The summed E-state index contributed by atoms with van der Waals surface area (Å²) in [5.41, 5.74) is 4.60. The normalized spacial score (nSPS) is 9.06. The van der Waals surface area contributed by atoms with Crippen molar-refractivity contribution in [2.45, 2.75) is 27.7 Å². The van der Waals surface area contributed by atoms with Gasteiger partial charge in [-0.15, -0.1) is 0 Å². The standard InChI is InChI=1S/C12H9IO.C12H10O.2C2H6/c13-11-8-10(6-7-12(11)14)9-4-2-1-3-5-9;13-12-8-6-11(7-9-12)10-4-2-1-3-5-10;2*1-2/h1-8,14H;1-9,13H;2*1-2H3. The largest absolute Gasteiger partial charge is 0.508 e. The molecule has 0 bridgehead atoms. The molecule has 0 atom stereocenters. The Morgan fingerprint density at radius 3 is 1.32 bits per heavy atom. The highest BCUT2D eigenvalue weighted by molar-refractivity contribution is 14.1. The number of benzene rings is 4. The van der Waals surface area contributed by atoms with E-state index in [1.165, 1.54) is 11.1 Å². The Labute approximate surface area is 200 Å². The van der Waals surface area contributed by atoms with Gasteiger partial charge in [-0.25, -0.2) is 0 Å². The van der Waals surface area contributed by atoms with Crippen molar-refractivity contribution in [1.82, 2.24) is 0 Å². The molecule has 0 fully saturated rings. The molecule has 0 amide bonds. The maximum Gasteiger partial charge on any atom is 0.128 e. The molecule has 0 saturated heterocycles. The molecule has 0 unspecified atom stereocenters. The molecular formula is C28H31IO2. The van der Waals surface area contributed by atoms with Crippen molar-refractivity contribution in [3.8, 4) is 33.8 Å². The van der Waals surface area contributed by atoms with E-state index in [2.05, 4.69) is 34.7 Å². The second-order valence-electron chi connectivity index (χ2n) is 5.95. The Bertz CT molecular complexity index is 982. The summed E-state index contributed by atoms with van der Waals surface area (Å²) in [5, 5.41) is 18.5. The van der Waals surface area contributed by atoms with E-state index in [1.807, 2.05) is 100 Å². The van der Waals surface area contributed by atoms with E-state index in [0.717, 1.165) is 14.7 Å². The van der Waals surface area contributed by atoms with E-state index >= 15 is 0 Å². The lowest BCUT2D eigenvalue weighted by atomic mass is 10.1. The molecule has 0 radical (unpaired) electrons. The number of rotatable bonds is 2. The summed E-state index contributed by atoms with van der Waals surface area (Å²) in [6.07, 6.45) is 0. The van der Waals surface area contributed by atoms with E-state index in [9.17, 15) is 5.11 Å². The van der Waals surface area contributed by atoms with Gasteiger partial charge in [-0.2, -0.15) is 0 Å². The smallest absolute Gasteiger partial charge is 0.128 e. The molecule has 31 heavy (non-hydrogen) atoms. The molecule has 0 aliphatic carbocycles. The Kier molecular flexibility index (Phi) is 12.8. The highest BCUT2D eigenvalue weighted by Crippen LogP contribution is 2.26. The first-order chi connectivity index (χ1) is 15.1. The minimum atomic E-state index is 0.305. The van der Waals surface area contributed by atoms with Gasteiger partial charge >= 0.3 is 0 Å². The van der Waals surface area contributed by atoms with Gasteiger partial charge in [0.15, 0.2) is 0 Å². The molecule has 0 aliphatic rings. The van der Waals surface area contributed by atoms with Crippen LogP contribution < -0.4 is 0 Å². The van der Waals surface area contributed by atoms with Crippen LogP contribution in [0.4, 0.5) is 0 Å². The Morgan fingerprint density at radius 2 is 0.871 bits per heavy atom. The van der Waals surface area contributed by atoms with Gasteiger partial charge < -0.3 is 10.2 Å². The van der Waals surface area contributed by atoms with Crippen LogP contribution in [-0.4, -0.2) is 10.2 Å². The first-order valence-electron chi connectivity index (χ1n) is 10.5. The molecular weight excluding hydrogens is 495 g/mol. The van der Waals surface area contributed by atoms with Crippen molar-refractivity contribution in [2.75, 3.05) is 0 Å². The van der Waals surface area contributed by atoms with E-state index in [4.69, 9.17) is 5.11 Å². The number of aromatic hydroxyl groups is 2. The topological polar surface area (TPSA) is 40.5 Å². The van der Waals surface area contributed by atoms with Gasteiger partial charge in [0, 0.05) is 0 Å². The number of halogens is 1. The first kappa shape index (κ1) is 26.2. The second-order valence-corrected chi connectivity index (χ2v) is 7.11. The van der Waals surface area contributed by atoms with Crippen molar-refractivity contribution in [3.63, 3.8) is 0 Å². The lowest BCUT2D eigenvalue weighted by Crippen LogP contribution is -1.79. The Morgan fingerprint density at radius 1 is 0.484 bits per heavy atom. The maximum absolute atomic E-state index is 9.38. The molecule has 2 nitrogen and oxygen atoms in total. The molecule has 0 saturated carbocycles. The maximum atomic E-state index is 9.38. The molecule has 4 aromatic rings. The fourth-order valence-electron chi connectivity index (χ4n) is 2.60. The van der Waals surface area contributed by atoms with Crippen LogP contribution in [0.15, 0.2) is 103 Å². The zero-order chi connectivity index (χ0) is 23.1. The summed E-state index contributed by atoms with van der Waals surface area (Å²) in [6, 6.07) is 33.1. The molecule has 4 rings (SSSR count). The van der Waals surface area contributed by atoms with E-state index in [1.54, 1.807) is 18.2 Å². The van der Waals surface area contributed by atoms with Crippen LogP contribution in [0.3, 0.4) is 0 Å². The number of hydrogen-bond acceptors (Lipinski definition) is 2. The minimum Gasteiger partial charge on any atom is -0.508 e. The van der Waals surface area contributed by atoms with E-state index in [-0.39, 0.29) is 0 Å². The van der Waals surface area contributed by atoms with Gasteiger partial charge in [0.25, 0.3) is 0 Å². The summed E-state index contributed by atoms with van der Waals surface area (Å²) >= 11 is 2.13. The van der Waals surface area contributed by atoms with Gasteiger partial charge in [0.1, 0.15) is 11.5 Å². The van der Waals surface area contributed by atoms with Crippen LogP contribution in [0.5, 0.6) is 11.5 Å². The summed E-state index contributed by atoms with van der Waals surface area (Å²) in [6.45, 7) is 8.00. The number of phenolic OH excluding ortho intramolecular Hbond substituents is 2. The monoisotopic (exact) mass is 526 g/mol. The van der Waals surface area contributed by atoms with Crippen molar-refractivity contribution in [2.24, 2.45) is 0 Å². The number of phenols is 2. The average molecular weight is 526 g/mol. The summed E-state index contributed by atoms with van der Waals surface area (Å²) < 4.78 is 0.879. The fourth-order valence-corrected chi connectivity index (χ4v) is 3.12. The number of hydrogen-bond donors (Lipinski definition) is 2. The SMILES string of the molecule is CC.CC.Oc1ccc(-c2ccccc2)cc1.Oc1ccc(-c2ccccc2)cc1I. The molecule has 0 aromatic heterocycles. The van der Waals surface area contributed by atoms with Gasteiger partial charge in [-0.1, -0.05) is 107 Å². The summed E-state index contributed by atoms with van der Waals surface area (Å²) in [4.78, 5) is 0. The van der Waals surface area contributed by atoms with Crippen LogP contribution >= 0.6 is 22.6 Å². The van der Waals surface area contributed by atoms with Crippen molar-refractivity contribution >= 4 is 22.6 Å². The zero-order valence-electron chi connectivity index (χ0n) is 18.6. The Balaban J connectivity index is 0.000000268. The predicted molar refractivity (Wildman–Crippen MR) is 142 cm³/mol. The highest BCUT2D eigenvalue weighted by atomic mass is 127. The Hall–Kier alpha value is -2.79. The lowest BCUT2D eigenvalue weighted by Gasteiger charge is -2.03. The second kappa shape index (κ2) is 15.1.